The van der Waals surface area contributed by atoms with Gasteiger partial charge in [-0.2, -0.15) is 0 Å². The summed E-state index contributed by atoms with van der Waals surface area (Å²) >= 11 is 0. The summed E-state index contributed by atoms with van der Waals surface area (Å²) < 4.78 is 18.7. The molecular formula is C28H34Cl2N6O6. The van der Waals surface area contributed by atoms with Gasteiger partial charge in [0.15, 0.2) is 18.2 Å². The van der Waals surface area contributed by atoms with Gasteiger partial charge in [0.05, 0.1) is 37.7 Å². The predicted octanol–water partition coefficient (Wildman–Crippen LogP) is -6.18. The van der Waals surface area contributed by atoms with Gasteiger partial charge >= 0.3 is 6.09 Å². The maximum Gasteiger partial charge on any atom is 0.416 e. The van der Waals surface area contributed by atoms with Crippen molar-refractivity contribution in [2.24, 2.45) is 0 Å². The van der Waals surface area contributed by atoms with Crippen molar-refractivity contribution in [1.82, 2.24) is 9.55 Å². The molecule has 2 amide bonds. The molecule has 5 N–H and O–H groups in total. The van der Waals surface area contributed by atoms with E-state index in [1.165, 1.54) is 4.90 Å². The molecule has 12 nitrogen and oxygen atoms in total. The molecule has 2 fully saturated rings. The van der Waals surface area contributed by atoms with Gasteiger partial charge in [0.25, 0.3) is 11.5 Å². The topological polar surface area (TPSA) is 144 Å². The molecular weight excluding hydrogens is 587 g/mol. The third-order valence-electron chi connectivity index (χ3n) is 8.05. The Balaban J connectivity index is 0.00000202. The van der Waals surface area contributed by atoms with Crippen LogP contribution in [0.25, 0.3) is 10.9 Å². The Labute approximate surface area is 254 Å². The van der Waals surface area contributed by atoms with Gasteiger partial charge in [0, 0.05) is 25.0 Å². The first-order chi connectivity index (χ1) is 19.4. The normalized spacial score (nSPS) is 21.6. The number of ether oxygens (including phenoxy) is 3. The zero-order chi connectivity index (χ0) is 27.8. The maximum atomic E-state index is 12.9. The monoisotopic (exact) mass is 620 g/mol. The molecule has 2 aromatic heterocycles. The second-order valence-corrected chi connectivity index (χ2v) is 10.6. The maximum absolute atomic E-state index is 12.9. The minimum absolute atomic E-state index is 0. The van der Waals surface area contributed by atoms with Crippen LogP contribution in [0.1, 0.15) is 19.3 Å². The molecule has 0 radical (unpaired) electrons. The van der Waals surface area contributed by atoms with Gasteiger partial charge in [0.1, 0.15) is 30.8 Å². The van der Waals surface area contributed by atoms with Gasteiger partial charge in [-0.05, 0) is 42.1 Å². The number of carbonyl (C=O) groups is 2. The number of benzene rings is 1. The van der Waals surface area contributed by atoms with Crippen molar-refractivity contribution in [2.75, 3.05) is 43.6 Å². The summed E-state index contributed by atoms with van der Waals surface area (Å²) in [6.07, 6.45) is 1.75. The van der Waals surface area contributed by atoms with Crippen LogP contribution in [0.4, 0.5) is 16.4 Å². The van der Waals surface area contributed by atoms with E-state index in [9.17, 15) is 14.4 Å². The van der Waals surface area contributed by atoms with Crippen LogP contribution in [-0.4, -0.2) is 73.1 Å². The van der Waals surface area contributed by atoms with Crippen LogP contribution in [0, 0.1) is 0 Å². The zero-order valence-electron chi connectivity index (χ0n) is 23.2. The second kappa shape index (κ2) is 13.2. The van der Waals surface area contributed by atoms with Crippen molar-refractivity contribution in [2.45, 2.75) is 44.0 Å². The van der Waals surface area contributed by atoms with Crippen LogP contribution in [0.15, 0.2) is 47.3 Å². The Kier molecular flexibility index (Phi) is 9.82. The second-order valence-electron chi connectivity index (χ2n) is 10.6. The van der Waals surface area contributed by atoms with Crippen LogP contribution < -0.4 is 60.7 Å². The Bertz CT molecular complexity index is 1520. The lowest BCUT2D eigenvalue weighted by Gasteiger charge is -2.35. The number of amides is 2. The molecule has 1 saturated heterocycles. The molecule has 1 aromatic carbocycles. The van der Waals surface area contributed by atoms with Crippen LogP contribution in [0.5, 0.6) is 11.5 Å². The molecule has 6 rings (SSSR count). The number of anilines is 2. The quantitative estimate of drug-likeness (QED) is 0.227. The Hall–Kier alpha value is -3.58. The van der Waals surface area contributed by atoms with E-state index in [2.05, 4.69) is 23.1 Å². The van der Waals surface area contributed by atoms with E-state index in [-0.39, 0.29) is 61.1 Å². The molecule has 2 aliphatic heterocycles. The highest BCUT2D eigenvalue weighted by Gasteiger charge is 2.48. The number of likely N-dealkylation sites (N-methyl/N-ethyl adjacent to an activating group) is 1. The van der Waals surface area contributed by atoms with Gasteiger partial charge in [-0.1, -0.05) is 0 Å². The van der Waals surface area contributed by atoms with Gasteiger partial charge < -0.3 is 59.5 Å². The number of carbonyl (C=O) groups excluding carboxylic acids is 2. The molecule has 1 aliphatic carbocycles. The summed E-state index contributed by atoms with van der Waals surface area (Å²) in [5.74, 6) is 1.65. The fourth-order valence-electron chi connectivity index (χ4n) is 5.92. The summed E-state index contributed by atoms with van der Waals surface area (Å²) in [5.41, 5.74) is 4.62. The number of quaternary nitrogens is 2. The smallest absolute Gasteiger partial charge is 0.416 e. The van der Waals surface area contributed by atoms with Gasteiger partial charge in [-0.25, -0.2) is 9.78 Å². The molecule has 3 aliphatic rings. The third kappa shape index (κ3) is 6.12. The number of pyridine rings is 2. The van der Waals surface area contributed by atoms with Crippen LogP contribution in [0.2, 0.25) is 0 Å². The van der Waals surface area contributed by atoms with Crippen molar-refractivity contribution in [3.05, 3.63) is 52.8 Å². The SMILES string of the molecule is C[NH+](CCn1c(=O)ccc2ccc(OCC[NH3+])cc21)C1CCC2OC(=O)N(c3ccc4c(n3)NC(=O)CO4)C2C1.[Cl-].[Cl-]. The Morgan fingerprint density at radius 1 is 1.12 bits per heavy atom. The van der Waals surface area contributed by atoms with Crippen molar-refractivity contribution in [3.63, 3.8) is 0 Å². The molecule has 14 heteroatoms. The van der Waals surface area contributed by atoms with Crippen molar-refractivity contribution in [1.29, 1.82) is 0 Å². The fraction of sp³-hybridized carbons (Fsp3) is 0.429. The van der Waals surface area contributed by atoms with E-state index in [0.29, 0.717) is 37.1 Å². The standard InChI is InChI=1S/C28H32N6O6.2ClH/c1-32(11-12-33-20-15-19(38-13-10-29)5-2-17(20)3-9-26(33)36)18-4-6-22-21(14-18)34(28(37)40-22)24-8-7-23-27(30-24)31-25(35)16-39-23;;/h2-3,5,7-9,15,18,21-22H,4,6,10-14,16,29H2,1H3,(H,30,31,35);2*1H. The highest BCUT2D eigenvalue weighted by Crippen LogP contribution is 2.36. The largest absolute Gasteiger partial charge is 1.00 e. The lowest BCUT2D eigenvalue weighted by molar-refractivity contribution is -0.908. The van der Waals surface area contributed by atoms with E-state index in [1.807, 2.05) is 28.8 Å². The molecule has 0 bridgehead atoms. The third-order valence-corrected chi connectivity index (χ3v) is 8.05. The lowest BCUT2D eigenvalue weighted by atomic mass is 9.87. The number of halogens is 2. The molecule has 4 unspecified atom stereocenters. The number of nitrogens with one attached hydrogen (secondary N) is 2. The van der Waals surface area contributed by atoms with Gasteiger partial charge in [-0.15, -0.1) is 0 Å². The van der Waals surface area contributed by atoms with E-state index >= 15 is 0 Å². The summed E-state index contributed by atoms with van der Waals surface area (Å²) in [6, 6.07) is 12.8. The Morgan fingerprint density at radius 3 is 2.74 bits per heavy atom. The average Bonchev–Trinajstić information content (AvgIpc) is 3.29. The van der Waals surface area contributed by atoms with Gasteiger partial charge in [-0.3, -0.25) is 14.5 Å². The molecule has 226 valence electrons. The highest BCUT2D eigenvalue weighted by molar-refractivity contribution is 5.95. The molecule has 0 spiro atoms. The number of aromatic nitrogens is 2. The van der Waals surface area contributed by atoms with Crippen LogP contribution in [-0.2, 0) is 16.1 Å². The number of nitrogens with zero attached hydrogens (tertiary/aromatic N) is 3. The molecule has 4 atom stereocenters. The van der Waals surface area contributed by atoms with E-state index in [1.54, 1.807) is 23.1 Å². The van der Waals surface area contributed by atoms with Crippen LogP contribution >= 0.6 is 0 Å². The minimum atomic E-state index is -0.428. The highest BCUT2D eigenvalue weighted by atomic mass is 35.5. The summed E-state index contributed by atoms with van der Waals surface area (Å²) in [4.78, 5) is 44.9. The van der Waals surface area contributed by atoms with E-state index in [0.717, 1.165) is 42.5 Å². The molecule has 4 heterocycles. The van der Waals surface area contributed by atoms with Crippen molar-refractivity contribution < 1.29 is 59.2 Å². The average molecular weight is 622 g/mol. The summed E-state index contributed by atoms with van der Waals surface area (Å²) in [5, 5.41) is 3.69. The van der Waals surface area contributed by atoms with E-state index in [4.69, 9.17) is 14.2 Å². The molecule has 1 saturated carbocycles. The first-order valence-electron chi connectivity index (χ1n) is 13.7. The predicted molar refractivity (Wildman–Crippen MR) is 146 cm³/mol. The first-order valence-corrected chi connectivity index (χ1v) is 13.7. The molecule has 3 aromatic rings. The summed E-state index contributed by atoms with van der Waals surface area (Å²) in [7, 11) is 2.13. The summed E-state index contributed by atoms with van der Waals surface area (Å²) in [6.45, 7) is 2.42. The first kappa shape index (κ1) is 31.4. The lowest BCUT2D eigenvalue weighted by Crippen LogP contribution is -3.13. The zero-order valence-corrected chi connectivity index (χ0v) is 24.7. The molecule has 42 heavy (non-hydrogen) atoms. The minimum Gasteiger partial charge on any atom is -1.00 e. The number of hydrogen-bond acceptors (Lipinski definition) is 7. The number of fused-ring (bicyclic) bond motifs is 3. The van der Waals surface area contributed by atoms with Crippen molar-refractivity contribution >= 4 is 34.5 Å². The van der Waals surface area contributed by atoms with Crippen LogP contribution in [0.3, 0.4) is 0 Å². The number of hydrogen-bond donors (Lipinski definition) is 3. The van der Waals surface area contributed by atoms with Crippen molar-refractivity contribution in [3.8, 4) is 11.5 Å². The van der Waals surface area contributed by atoms with Gasteiger partial charge in [0.2, 0.25) is 0 Å². The number of rotatable bonds is 8. The fourth-order valence-corrected chi connectivity index (χ4v) is 5.92. The van der Waals surface area contributed by atoms with E-state index < -0.39 is 6.09 Å². The Morgan fingerprint density at radius 2 is 1.93 bits per heavy atom.